The average molecular weight is 366 g/mol. The Morgan fingerprint density at radius 1 is 1.30 bits per heavy atom. The van der Waals surface area contributed by atoms with Crippen molar-refractivity contribution in [1.29, 1.82) is 0 Å². The van der Waals surface area contributed by atoms with Crippen molar-refractivity contribution in [2.45, 2.75) is 18.7 Å². The number of aromatic amines is 1. The van der Waals surface area contributed by atoms with E-state index < -0.39 is 26.6 Å². The molecule has 0 aliphatic heterocycles. The molecule has 0 bridgehead atoms. The second-order valence-electron chi connectivity index (χ2n) is 4.11. The lowest BCUT2D eigenvalue weighted by Crippen LogP contribution is -2.16. The van der Waals surface area contributed by atoms with E-state index in [1.165, 1.54) is 0 Å². The highest BCUT2D eigenvalue weighted by molar-refractivity contribution is 9.10. The van der Waals surface area contributed by atoms with Crippen LogP contribution >= 0.6 is 15.9 Å². The lowest BCUT2D eigenvalue weighted by atomic mass is 10.3. The van der Waals surface area contributed by atoms with E-state index in [-0.39, 0.29) is 10.2 Å². The fraction of sp³-hybridized carbons (Fsp3) is 0.182. The molecule has 20 heavy (non-hydrogen) atoms. The van der Waals surface area contributed by atoms with Crippen LogP contribution in [-0.2, 0) is 10.0 Å². The lowest BCUT2D eigenvalue weighted by molar-refractivity contribution is 0.548. The fourth-order valence-electron chi connectivity index (χ4n) is 1.67. The van der Waals surface area contributed by atoms with Gasteiger partial charge in [0.25, 0.3) is 10.0 Å². The SMILES string of the molecule is Cc1n[nH]c(C)c1NS(=O)(=O)c1c(F)cc(F)cc1Br. The van der Waals surface area contributed by atoms with Gasteiger partial charge in [-0.3, -0.25) is 9.82 Å². The maximum Gasteiger partial charge on any atom is 0.266 e. The molecule has 0 spiro atoms. The van der Waals surface area contributed by atoms with Crippen LogP contribution in [0.4, 0.5) is 14.5 Å². The van der Waals surface area contributed by atoms with E-state index in [1.807, 2.05) is 0 Å². The van der Waals surface area contributed by atoms with Crippen LogP contribution in [0.25, 0.3) is 0 Å². The van der Waals surface area contributed by atoms with Gasteiger partial charge < -0.3 is 0 Å². The van der Waals surface area contributed by atoms with Crippen LogP contribution in [0.15, 0.2) is 21.5 Å². The molecule has 0 aliphatic rings. The molecule has 1 aromatic heterocycles. The summed E-state index contributed by atoms with van der Waals surface area (Å²) in [7, 11) is -4.20. The van der Waals surface area contributed by atoms with E-state index >= 15 is 0 Å². The monoisotopic (exact) mass is 365 g/mol. The van der Waals surface area contributed by atoms with Gasteiger partial charge in [0.2, 0.25) is 0 Å². The van der Waals surface area contributed by atoms with Gasteiger partial charge in [0.1, 0.15) is 16.5 Å². The standard InChI is InChI=1S/C11H10BrF2N3O2S/c1-5-10(6(2)16-15-5)17-20(18,19)11-8(12)3-7(13)4-9(11)14/h3-4,17H,1-2H3,(H,15,16). The largest absolute Gasteiger partial charge is 0.280 e. The molecule has 0 saturated heterocycles. The molecular formula is C11H10BrF2N3O2S. The first-order valence-electron chi connectivity index (χ1n) is 5.41. The second kappa shape index (κ2) is 5.13. The van der Waals surface area contributed by atoms with E-state index in [9.17, 15) is 17.2 Å². The van der Waals surface area contributed by atoms with E-state index in [0.29, 0.717) is 17.5 Å². The summed E-state index contributed by atoms with van der Waals surface area (Å²) < 4.78 is 53.2. The zero-order valence-electron chi connectivity index (χ0n) is 10.5. The van der Waals surface area contributed by atoms with Gasteiger partial charge in [-0.05, 0) is 35.8 Å². The zero-order valence-corrected chi connectivity index (χ0v) is 12.9. The third-order valence-electron chi connectivity index (χ3n) is 2.60. The van der Waals surface area contributed by atoms with Crippen LogP contribution in [-0.4, -0.2) is 18.6 Å². The number of H-pyrrole nitrogens is 1. The number of rotatable bonds is 3. The average Bonchev–Trinajstić information content (AvgIpc) is 2.58. The van der Waals surface area contributed by atoms with Crippen LogP contribution in [0.1, 0.15) is 11.4 Å². The molecule has 9 heteroatoms. The van der Waals surface area contributed by atoms with Crippen LogP contribution < -0.4 is 4.72 Å². The first kappa shape index (κ1) is 14.9. The van der Waals surface area contributed by atoms with Crippen LogP contribution in [0.3, 0.4) is 0 Å². The topological polar surface area (TPSA) is 74.8 Å². The number of anilines is 1. The Hall–Kier alpha value is -1.48. The van der Waals surface area contributed by atoms with Crippen molar-refractivity contribution in [2.24, 2.45) is 0 Å². The summed E-state index contributed by atoms with van der Waals surface area (Å²) in [5, 5.41) is 6.44. The molecule has 2 aromatic rings. The van der Waals surface area contributed by atoms with Gasteiger partial charge >= 0.3 is 0 Å². The Morgan fingerprint density at radius 2 is 1.95 bits per heavy atom. The van der Waals surface area contributed by atoms with E-state index in [4.69, 9.17) is 0 Å². The van der Waals surface area contributed by atoms with Crippen molar-refractivity contribution in [3.63, 3.8) is 0 Å². The van der Waals surface area contributed by atoms with Crippen molar-refractivity contribution < 1.29 is 17.2 Å². The molecule has 0 atom stereocenters. The molecule has 0 amide bonds. The van der Waals surface area contributed by atoms with Crippen LogP contribution in [0.5, 0.6) is 0 Å². The van der Waals surface area contributed by atoms with Crippen molar-refractivity contribution >= 4 is 31.6 Å². The number of nitrogens with zero attached hydrogens (tertiary/aromatic N) is 1. The van der Waals surface area contributed by atoms with Crippen molar-refractivity contribution in [2.75, 3.05) is 4.72 Å². The minimum absolute atomic E-state index is 0.193. The number of benzene rings is 1. The third-order valence-corrected chi connectivity index (χ3v) is 4.91. The first-order chi connectivity index (χ1) is 9.22. The quantitative estimate of drug-likeness (QED) is 0.877. The second-order valence-corrected chi connectivity index (χ2v) is 6.59. The van der Waals surface area contributed by atoms with Crippen molar-refractivity contribution in [1.82, 2.24) is 10.2 Å². The number of nitrogens with one attached hydrogen (secondary N) is 2. The molecule has 0 fully saturated rings. The molecule has 1 heterocycles. The van der Waals surface area contributed by atoms with E-state index in [1.54, 1.807) is 13.8 Å². The molecule has 0 aliphatic carbocycles. The Balaban J connectivity index is 2.52. The molecule has 0 unspecified atom stereocenters. The maximum absolute atomic E-state index is 13.7. The minimum Gasteiger partial charge on any atom is -0.280 e. The van der Waals surface area contributed by atoms with Gasteiger partial charge in [-0.2, -0.15) is 5.10 Å². The Labute approximate surface area is 122 Å². The predicted octanol–water partition coefficient (Wildman–Crippen LogP) is 2.87. The molecule has 2 N–H and O–H groups in total. The van der Waals surface area contributed by atoms with Gasteiger partial charge in [-0.1, -0.05) is 0 Å². The van der Waals surface area contributed by atoms with Gasteiger partial charge in [-0.25, -0.2) is 17.2 Å². The van der Waals surface area contributed by atoms with E-state index in [0.717, 1.165) is 6.07 Å². The van der Waals surface area contributed by atoms with Gasteiger partial charge in [-0.15, -0.1) is 0 Å². The zero-order chi connectivity index (χ0) is 15.1. The van der Waals surface area contributed by atoms with Crippen LogP contribution in [0.2, 0.25) is 0 Å². The summed E-state index contributed by atoms with van der Waals surface area (Å²) in [5.74, 6) is -2.05. The van der Waals surface area contributed by atoms with Crippen molar-refractivity contribution in [3.8, 4) is 0 Å². The summed E-state index contributed by atoms with van der Waals surface area (Å²) >= 11 is 2.85. The number of hydrogen-bond donors (Lipinski definition) is 2. The Kier molecular flexibility index (Phi) is 3.83. The highest BCUT2D eigenvalue weighted by atomic mass is 79.9. The Bertz CT molecular complexity index is 731. The molecule has 1 aromatic carbocycles. The molecule has 0 saturated carbocycles. The number of aromatic nitrogens is 2. The summed E-state index contributed by atoms with van der Waals surface area (Å²) in [6.45, 7) is 3.21. The fourth-order valence-corrected chi connectivity index (χ4v) is 4.02. The number of hydrogen-bond acceptors (Lipinski definition) is 3. The van der Waals surface area contributed by atoms with Gasteiger partial charge in [0.15, 0.2) is 0 Å². The number of halogens is 3. The molecule has 108 valence electrons. The molecular weight excluding hydrogens is 356 g/mol. The highest BCUT2D eigenvalue weighted by Crippen LogP contribution is 2.29. The van der Waals surface area contributed by atoms with Crippen molar-refractivity contribution in [3.05, 3.63) is 39.6 Å². The summed E-state index contributed by atoms with van der Waals surface area (Å²) in [6, 6.07) is 1.39. The summed E-state index contributed by atoms with van der Waals surface area (Å²) in [4.78, 5) is -0.654. The number of sulfonamides is 1. The molecule has 2 rings (SSSR count). The van der Waals surface area contributed by atoms with Gasteiger partial charge in [0.05, 0.1) is 17.1 Å². The Morgan fingerprint density at radius 3 is 2.45 bits per heavy atom. The smallest absolute Gasteiger partial charge is 0.266 e. The normalized spacial score (nSPS) is 11.7. The summed E-state index contributed by atoms with van der Waals surface area (Å²) in [5.41, 5.74) is 1.15. The van der Waals surface area contributed by atoms with E-state index in [2.05, 4.69) is 30.8 Å². The van der Waals surface area contributed by atoms with Gasteiger partial charge in [0, 0.05) is 10.5 Å². The first-order valence-corrected chi connectivity index (χ1v) is 7.69. The van der Waals surface area contributed by atoms with Crippen LogP contribution in [0, 0.1) is 25.5 Å². The highest BCUT2D eigenvalue weighted by Gasteiger charge is 2.25. The third kappa shape index (κ3) is 2.68. The number of aryl methyl sites for hydroxylation is 2. The summed E-state index contributed by atoms with van der Waals surface area (Å²) in [6.07, 6.45) is 0. The predicted molar refractivity (Wildman–Crippen MR) is 72.9 cm³/mol. The maximum atomic E-state index is 13.7. The molecule has 0 radical (unpaired) electrons. The molecule has 5 nitrogen and oxygen atoms in total. The minimum atomic E-state index is -4.20. The lowest BCUT2D eigenvalue weighted by Gasteiger charge is -2.10.